The van der Waals surface area contributed by atoms with Crippen LogP contribution in [0.4, 0.5) is 16.2 Å². The number of carbonyl (C=O) groups excluding carboxylic acids is 1. The number of nitrogens with zero attached hydrogens (tertiary/aromatic N) is 1. The van der Waals surface area contributed by atoms with Crippen LogP contribution >= 0.6 is 0 Å². The first kappa shape index (κ1) is 17.1. The SMILES string of the molecule is CC1CCN(c2ccc(NC(=O)NCC3(O)CCCC3)cc2)CC1. The van der Waals surface area contributed by atoms with E-state index in [9.17, 15) is 9.90 Å². The molecule has 1 aliphatic carbocycles. The van der Waals surface area contributed by atoms with Crippen molar-refractivity contribution in [1.29, 1.82) is 0 Å². The predicted octanol–water partition coefficient (Wildman–Crippen LogP) is 3.35. The van der Waals surface area contributed by atoms with Crippen molar-refractivity contribution in [2.75, 3.05) is 29.9 Å². The average Bonchev–Trinajstić information content (AvgIpc) is 3.02. The predicted molar refractivity (Wildman–Crippen MR) is 97.5 cm³/mol. The maximum atomic E-state index is 12.0. The molecule has 3 N–H and O–H groups in total. The van der Waals surface area contributed by atoms with E-state index in [4.69, 9.17) is 0 Å². The normalized spacial score (nSPS) is 20.8. The van der Waals surface area contributed by atoms with E-state index in [0.29, 0.717) is 6.54 Å². The van der Waals surface area contributed by atoms with Gasteiger partial charge in [0.05, 0.1) is 5.60 Å². The number of carbonyl (C=O) groups is 1. The molecule has 2 fully saturated rings. The van der Waals surface area contributed by atoms with Gasteiger partial charge in [0.25, 0.3) is 0 Å². The first-order valence-electron chi connectivity index (χ1n) is 9.16. The summed E-state index contributed by atoms with van der Waals surface area (Å²) in [6.45, 7) is 4.84. The van der Waals surface area contributed by atoms with E-state index >= 15 is 0 Å². The number of hydrogen-bond acceptors (Lipinski definition) is 3. The number of anilines is 2. The fraction of sp³-hybridized carbons (Fsp3) is 0.632. The first-order chi connectivity index (χ1) is 11.5. The molecule has 1 aliphatic heterocycles. The Bertz CT molecular complexity index is 544. The molecule has 24 heavy (non-hydrogen) atoms. The minimum absolute atomic E-state index is 0.255. The molecule has 0 radical (unpaired) electrons. The van der Waals surface area contributed by atoms with Gasteiger partial charge in [0.1, 0.15) is 0 Å². The summed E-state index contributed by atoms with van der Waals surface area (Å²) >= 11 is 0. The molecule has 2 aliphatic rings. The lowest BCUT2D eigenvalue weighted by Gasteiger charge is -2.32. The van der Waals surface area contributed by atoms with Crippen LogP contribution in [0.15, 0.2) is 24.3 Å². The number of aliphatic hydroxyl groups is 1. The van der Waals surface area contributed by atoms with Crippen LogP contribution in [0.25, 0.3) is 0 Å². The third kappa shape index (κ3) is 4.41. The van der Waals surface area contributed by atoms with Crippen LogP contribution in [0.3, 0.4) is 0 Å². The zero-order valence-corrected chi connectivity index (χ0v) is 14.6. The number of urea groups is 1. The van der Waals surface area contributed by atoms with Gasteiger partial charge < -0.3 is 20.6 Å². The van der Waals surface area contributed by atoms with Crippen LogP contribution in [-0.4, -0.2) is 36.4 Å². The second kappa shape index (κ2) is 7.43. The van der Waals surface area contributed by atoms with E-state index in [1.54, 1.807) is 0 Å². The van der Waals surface area contributed by atoms with Gasteiger partial charge in [0, 0.05) is 31.0 Å². The molecule has 0 aromatic heterocycles. The highest BCUT2D eigenvalue weighted by Crippen LogP contribution is 2.28. The Balaban J connectivity index is 1.47. The summed E-state index contributed by atoms with van der Waals surface area (Å²) < 4.78 is 0. The van der Waals surface area contributed by atoms with Gasteiger partial charge in [-0.3, -0.25) is 0 Å². The average molecular weight is 331 g/mol. The fourth-order valence-electron chi connectivity index (χ4n) is 3.65. The second-order valence-corrected chi connectivity index (χ2v) is 7.46. The van der Waals surface area contributed by atoms with Crippen molar-refractivity contribution >= 4 is 17.4 Å². The molecular weight excluding hydrogens is 302 g/mol. The molecule has 1 aromatic rings. The molecule has 0 atom stereocenters. The van der Waals surface area contributed by atoms with Gasteiger partial charge in [-0.1, -0.05) is 19.8 Å². The smallest absolute Gasteiger partial charge is 0.319 e. The molecule has 1 heterocycles. The van der Waals surface area contributed by atoms with Crippen LogP contribution in [0, 0.1) is 5.92 Å². The van der Waals surface area contributed by atoms with Crippen molar-refractivity contribution in [3.63, 3.8) is 0 Å². The Morgan fingerprint density at radius 3 is 2.46 bits per heavy atom. The monoisotopic (exact) mass is 331 g/mol. The Kier molecular flexibility index (Phi) is 5.29. The minimum atomic E-state index is -0.716. The third-order valence-corrected chi connectivity index (χ3v) is 5.39. The molecule has 1 aromatic carbocycles. The number of benzene rings is 1. The highest BCUT2D eigenvalue weighted by atomic mass is 16.3. The molecule has 0 spiro atoms. The molecule has 0 bridgehead atoms. The lowest BCUT2D eigenvalue weighted by molar-refractivity contribution is 0.0506. The van der Waals surface area contributed by atoms with Crippen molar-refractivity contribution in [3.05, 3.63) is 24.3 Å². The van der Waals surface area contributed by atoms with Crippen molar-refractivity contribution in [2.45, 2.75) is 51.0 Å². The summed E-state index contributed by atoms with van der Waals surface area (Å²) in [5.74, 6) is 0.820. The fourth-order valence-corrected chi connectivity index (χ4v) is 3.65. The van der Waals surface area contributed by atoms with E-state index in [2.05, 4.69) is 34.6 Å². The van der Waals surface area contributed by atoms with Crippen molar-refractivity contribution < 1.29 is 9.90 Å². The van der Waals surface area contributed by atoms with Crippen LogP contribution in [-0.2, 0) is 0 Å². The summed E-state index contributed by atoms with van der Waals surface area (Å²) in [7, 11) is 0. The lowest BCUT2D eigenvalue weighted by atomic mass is 9.99. The highest BCUT2D eigenvalue weighted by Gasteiger charge is 2.31. The van der Waals surface area contributed by atoms with Gasteiger partial charge in [-0.2, -0.15) is 0 Å². The molecule has 1 saturated heterocycles. The summed E-state index contributed by atoms with van der Waals surface area (Å²) in [4.78, 5) is 14.4. The summed E-state index contributed by atoms with van der Waals surface area (Å²) in [5, 5.41) is 15.9. The maximum Gasteiger partial charge on any atom is 0.319 e. The van der Waals surface area contributed by atoms with Crippen molar-refractivity contribution in [2.24, 2.45) is 5.92 Å². The van der Waals surface area contributed by atoms with Crippen molar-refractivity contribution in [3.8, 4) is 0 Å². The zero-order valence-electron chi connectivity index (χ0n) is 14.6. The molecular formula is C19H29N3O2. The van der Waals surface area contributed by atoms with Gasteiger partial charge >= 0.3 is 6.03 Å². The molecule has 132 valence electrons. The standard InChI is InChI=1S/C19H29N3O2/c1-15-8-12-22(13-9-15)17-6-4-16(5-7-17)21-18(23)20-14-19(24)10-2-3-11-19/h4-7,15,24H,2-3,8-14H2,1H3,(H2,20,21,23). The Morgan fingerprint density at radius 2 is 1.83 bits per heavy atom. The summed E-state index contributed by atoms with van der Waals surface area (Å²) in [6.07, 6.45) is 6.11. The van der Waals surface area contributed by atoms with Gasteiger partial charge in [0.15, 0.2) is 0 Å². The van der Waals surface area contributed by atoms with Crippen molar-refractivity contribution in [1.82, 2.24) is 5.32 Å². The quantitative estimate of drug-likeness (QED) is 0.793. The molecule has 3 rings (SSSR count). The molecule has 1 saturated carbocycles. The summed E-state index contributed by atoms with van der Waals surface area (Å²) in [5.41, 5.74) is 1.28. The Labute approximate surface area is 144 Å². The Hall–Kier alpha value is -1.75. The third-order valence-electron chi connectivity index (χ3n) is 5.39. The number of hydrogen-bond donors (Lipinski definition) is 3. The van der Waals surface area contributed by atoms with Gasteiger partial charge in [0.2, 0.25) is 0 Å². The molecule has 2 amide bonds. The highest BCUT2D eigenvalue weighted by molar-refractivity contribution is 5.89. The first-order valence-corrected chi connectivity index (χ1v) is 9.16. The van der Waals surface area contributed by atoms with Crippen LogP contribution < -0.4 is 15.5 Å². The van der Waals surface area contributed by atoms with E-state index in [1.807, 2.05) is 12.1 Å². The molecule has 5 heteroatoms. The van der Waals surface area contributed by atoms with Crippen LogP contribution in [0.1, 0.15) is 45.4 Å². The molecule has 5 nitrogen and oxygen atoms in total. The van der Waals surface area contributed by atoms with E-state index in [0.717, 1.165) is 50.4 Å². The van der Waals surface area contributed by atoms with E-state index < -0.39 is 5.60 Å². The Morgan fingerprint density at radius 1 is 1.21 bits per heavy atom. The number of amides is 2. The second-order valence-electron chi connectivity index (χ2n) is 7.46. The molecule has 0 unspecified atom stereocenters. The number of rotatable bonds is 4. The van der Waals surface area contributed by atoms with Crippen LogP contribution in [0.5, 0.6) is 0 Å². The largest absolute Gasteiger partial charge is 0.388 e. The zero-order chi connectivity index (χ0) is 17.0. The minimum Gasteiger partial charge on any atom is -0.388 e. The van der Waals surface area contributed by atoms with Gasteiger partial charge in [-0.05, 0) is 55.9 Å². The topological polar surface area (TPSA) is 64.6 Å². The lowest BCUT2D eigenvalue weighted by Crippen LogP contribution is -2.42. The number of nitrogens with one attached hydrogen (secondary N) is 2. The van der Waals surface area contributed by atoms with E-state index in [-0.39, 0.29) is 6.03 Å². The summed E-state index contributed by atoms with van der Waals surface area (Å²) in [6, 6.07) is 7.76. The number of piperidine rings is 1. The van der Waals surface area contributed by atoms with E-state index in [1.165, 1.54) is 18.5 Å². The van der Waals surface area contributed by atoms with Gasteiger partial charge in [-0.25, -0.2) is 4.79 Å². The van der Waals surface area contributed by atoms with Crippen LogP contribution in [0.2, 0.25) is 0 Å². The van der Waals surface area contributed by atoms with Gasteiger partial charge in [-0.15, -0.1) is 0 Å². The maximum absolute atomic E-state index is 12.0.